The van der Waals surface area contributed by atoms with E-state index < -0.39 is 16.3 Å². The van der Waals surface area contributed by atoms with Crippen LogP contribution in [-0.2, 0) is 19.3 Å². The van der Waals surface area contributed by atoms with Crippen LogP contribution in [0.2, 0.25) is 0 Å². The van der Waals surface area contributed by atoms with E-state index in [1.165, 1.54) is 0 Å². The van der Waals surface area contributed by atoms with Gasteiger partial charge in [-0.25, -0.2) is 4.79 Å². The summed E-state index contributed by atoms with van der Waals surface area (Å²) in [6.45, 7) is 0. The zero-order valence-electron chi connectivity index (χ0n) is 7.02. The average Bonchev–Trinajstić information content (AvgIpc) is 2.03. The summed E-state index contributed by atoms with van der Waals surface area (Å²) < 4.78 is 24.8. The summed E-state index contributed by atoms with van der Waals surface area (Å²) >= 11 is 0. The van der Waals surface area contributed by atoms with Gasteiger partial charge in [-0.2, -0.15) is 13.6 Å². The van der Waals surface area contributed by atoms with Crippen molar-refractivity contribution < 1.29 is 17.4 Å². The smallest absolute Gasteiger partial charge is 0.330 e. The third-order valence-corrected chi connectivity index (χ3v) is 2.13. The molecule has 0 amide bonds. The standard InChI is InChI=1S/C7H11NO4S/c8-13(10,11)12-7(9)6-4-2-1-3-5-6/h4H,1-3,5H2,(H2,8,10,11). The number of allylic oxidation sites excluding steroid dienone is 1. The second-order valence-corrected chi connectivity index (χ2v) is 3.99. The van der Waals surface area contributed by atoms with Crippen molar-refractivity contribution in [3.05, 3.63) is 11.6 Å². The van der Waals surface area contributed by atoms with E-state index in [9.17, 15) is 13.2 Å². The Morgan fingerprint density at radius 3 is 2.62 bits per heavy atom. The van der Waals surface area contributed by atoms with Crippen molar-refractivity contribution >= 4 is 16.3 Å². The minimum atomic E-state index is -4.16. The van der Waals surface area contributed by atoms with Gasteiger partial charge < -0.3 is 4.18 Å². The van der Waals surface area contributed by atoms with Crippen molar-refractivity contribution in [1.29, 1.82) is 0 Å². The topological polar surface area (TPSA) is 86.5 Å². The molecule has 0 bridgehead atoms. The fraction of sp³-hybridized carbons (Fsp3) is 0.571. The minimum Gasteiger partial charge on any atom is -0.330 e. The Hall–Kier alpha value is -0.880. The van der Waals surface area contributed by atoms with Gasteiger partial charge in [-0.1, -0.05) is 6.08 Å². The SMILES string of the molecule is NS(=O)(=O)OC(=O)C1=CCCCC1. The second-order valence-electron chi connectivity index (χ2n) is 2.84. The number of carbonyl (C=O) groups is 1. The molecule has 0 aliphatic heterocycles. The molecular formula is C7H11NO4S. The van der Waals surface area contributed by atoms with E-state index in [2.05, 4.69) is 9.32 Å². The van der Waals surface area contributed by atoms with Crippen molar-refractivity contribution in [3.8, 4) is 0 Å². The molecule has 2 N–H and O–H groups in total. The van der Waals surface area contributed by atoms with E-state index in [-0.39, 0.29) is 0 Å². The van der Waals surface area contributed by atoms with Crippen molar-refractivity contribution in [2.24, 2.45) is 5.14 Å². The summed E-state index contributed by atoms with van der Waals surface area (Å²) in [7, 11) is -4.16. The van der Waals surface area contributed by atoms with Crippen LogP contribution in [0.15, 0.2) is 11.6 Å². The van der Waals surface area contributed by atoms with E-state index in [4.69, 9.17) is 0 Å². The fourth-order valence-corrected chi connectivity index (χ4v) is 1.50. The highest BCUT2D eigenvalue weighted by molar-refractivity contribution is 7.84. The molecule has 0 radical (unpaired) electrons. The van der Waals surface area contributed by atoms with E-state index in [1.807, 2.05) is 0 Å². The van der Waals surface area contributed by atoms with Crippen LogP contribution in [0, 0.1) is 0 Å². The average molecular weight is 205 g/mol. The molecule has 5 nitrogen and oxygen atoms in total. The van der Waals surface area contributed by atoms with Gasteiger partial charge in [0.25, 0.3) is 0 Å². The van der Waals surface area contributed by atoms with Gasteiger partial charge in [0, 0.05) is 5.57 Å². The Balaban J connectivity index is 2.62. The molecule has 0 aromatic heterocycles. The number of rotatable bonds is 2. The third kappa shape index (κ3) is 3.56. The van der Waals surface area contributed by atoms with Crippen molar-refractivity contribution in [2.75, 3.05) is 0 Å². The van der Waals surface area contributed by atoms with Crippen LogP contribution in [0.3, 0.4) is 0 Å². The predicted octanol–water partition coefficient (Wildman–Crippen LogP) is 0.233. The molecule has 0 spiro atoms. The van der Waals surface area contributed by atoms with Gasteiger partial charge in [0.1, 0.15) is 0 Å². The van der Waals surface area contributed by atoms with Gasteiger partial charge in [-0.3, -0.25) is 0 Å². The van der Waals surface area contributed by atoms with Gasteiger partial charge in [-0.15, -0.1) is 0 Å². The molecule has 0 aromatic rings. The molecular weight excluding hydrogens is 194 g/mol. The lowest BCUT2D eigenvalue weighted by Crippen LogP contribution is -2.22. The lowest BCUT2D eigenvalue weighted by molar-refractivity contribution is -0.129. The summed E-state index contributed by atoms with van der Waals surface area (Å²) in [5.74, 6) is -0.845. The maximum atomic E-state index is 11.1. The van der Waals surface area contributed by atoms with Gasteiger partial charge in [0.05, 0.1) is 0 Å². The van der Waals surface area contributed by atoms with Crippen molar-refractivity contribution in [2.45, 2.75) is 25.7 Å². The van der Waals surface area contributed by atoms with E-state index in [0.29, 0.717) is 12.0 Å². The maximum Gasteiger partial charge on any atom is 0.382 e. The van der Waals surface area contributed by atoms with E-state index in [0.717, 1.165) is 19.3 Å². The van der Waals surface area contributed by atoms with Gasteiger partial charge in [0.2, 0.25) is 0 Å². The molecule has 0 fully saturated rings. The Morgan fingerprint density at radius 2 is 2.15 bits per heavy atom. The Bertz CT molecular complexity index is 330. The molecule has 6 heteroatoms. The van der Waals surface area contributed by atoms with Crippen molar-refractivity contribution in [3.63, 3.8) is 0 Å². The summed E-state index contributed by atoms with van der Waals surface area (Å²) in [6, 6.07) is 0. The van der Waals surface area contributed by atoms with Crippen LogP contribution in [0.5, 0.6) is 0 Å². The minimum absolute atomic E-state index is 0.403. The lowest BCUT2D eigenvalue weighted by Gasteiger charge is -2.09. The molecule has 0 saturated heterocycles. The molecule has 1 rings (SSSR count). The molecule has 13 heavy (non-hydrogen) atoms. The molecule has 0 unspecified atom stereocenters. The normalized spacial score (nSPS) is 17.8. The Morgan fingerprint density at radius 1 is 1.46 bits per heavy atom. The number of hydrogen-bond donors (Lipinski definition) is 1. The molecule has 0 atom stereocenters. The first-order valence-corrected chi connectivity index (χ1v) is 5.42. The molecule has 1 aliphatic rings. The quantitative estimate of drug-likeness (QED) is 0.699. The number of nitrogens with two attached hydrogens (primary N) is 1. The van der Waals surface area contributed by atoms with Gasteiger partial charge in [-0.05, 0) is 25.7 Å². The van der Waals surface area contributed by atoms with E-state index >= 15 is 0 Å². The summed E-state index contributed by atoms with van der Waals surface area (Å²) in [4.78, 5) is 11.1. The number of hydrogen-bond acceptors (Lipinski definition) is 4. The summed E-state index contributed by atoms with van der Waals surface area (Å²) in [5.41, 5.74) is 0.403. The van der Waals surface area contributed by atoms with Crippen LogP contribution in [0.25, 0.3) is 0 Å². The third-order valence-electron chi connectivity index (χ3n) is 1.75. The largest absolute Gasteiger partial charge is 0.382 e. The number of carbonyl (C=O) groups excluding carboxylic acids is 1. The van der Waals surface area contributed by atoms with Crippen LogP contribution >= 0.6 is 0 Å². The van der Waals surface area contributed by atoms with Crippen LogP contribution < -0.4 is 5.14 Å². The summed E-state index contributed by atoms with van der Waals surface area (Å²) in [6.07, 6.45) is 4.94. The zero-order valence-corrected chi connectivity index (χ0v) is 7.84. The molecule has 0 aromatic carbocycles. The highest BCUT2D eigenvalue weighted by Crippen LogP contribution is 2.18. The first-order chi connectivity index (χ1) is 5.99. The molecule has 0 heterocycles. The fourth-order valence-electron chi connectivity index (χ4n) is 1.18. The first-order valence-electron chi connectivity index (χ1n) is 3.94. The van der Waals surface area contributed by atoms with Crippen LogP contribution in [-0.4, -0.2) is 14.4 Å². The molecule has 74 valence electrons. The van der Waals surface area contributed by atoms with Crippen molar-refractivity contribution in [1.82, 2.24) is 0 Å². The highest BCUT2D eigenvalue weighted by Gasteiger charge is 2.18. The van der Waals surface area contributed by atoms with Crippen LogP contribution in [0.4, 0.5) is 0 Å². The van der Waals surface area contributed by atoms with Crippen LogP contribution in [0.1, 0.15) is 25.7 Å². The Labute approximate surface area is 76.8 Å². The summed E-state index contributed by atoms with van der Waals surface area (Å²) in [5, 5.41) is 4.54. The van der Waals surface area contributed by atoms with E-state index in [1.54, 1.807) is 6.08 Å². The zero-order chi connectivity index (χ0) is 9.90. The molecule has 0 saturated carbocycles. The highest BCUT2D eigenvalue weighted by atomic mass is 32.2. The van der Waals surface area contributed by atoms with Gasteiger partial charge in [0.15, 0.2) is 0 Å². The second kappa shape index (κ2) is 3.89. The first kappa shape index (κ1) is 10.2. The predicted molar refractivity (Wildman–Crippen MR) is 45.8 cm³/mol. The molecule has 1 aliphatic carbocycles. The maximum absolute atomic E-state index is 11.1. The Kier molecular flexibility index (Phi) is 3.05. The lowest BCUT2D eigenvalue weighted by atomic mass is 10.0. The monoisotopic (exact) mass is 205 g/mol. The van der Waals surface area contributed by atoms with Gasteiger partial charge >= 0.3 is 16.3 Å².